The standard InChI is InChI=1S/C10H21FN2/c1-7-8(5-12)9(11)6-13(7)10(2,3)4/h7-9H,5-6,12H2,1-4H3/t7-,8?,9+/m1/s1. The summed E-state index contributed by atoms with van der Waals surface area (Å²) in [6, 6.07) is 0.264. The van der Waals surface area contributed by atoms with Crippen LogP contribution >= 0.6 is 0 Å². The van der Waals surface area contributed by atoms with E-state index in [1.54, 1.807) is 0 Å². The Hall–Kier alpha value is -0.150. The molecule has 2 nitrogen and oxygen atoms in total. The van der Waals surface area contributed by atoms with Gasteiger partial charge in [-0.2, -0.15) is 0 Å². The van der Waals surface area contributed by atoms with Crippen molar-refractivity contribution in [1.29, 1.82) is 0 Å². The van der Waals surface area contributed by atoms with Gasteiger partial charge in [0.2, 0.25) is 0 Å². The molecule has 0 aliphatic carbocycles. The van der Waals surface area contributed by atoms with Crippen molar-refractivity contribution in [1.82, 2.24) is 4.90 Å². The third-order valence-corrected chi connectivity index (χ3v) is 3.08. The van der Waals surface area contributed by atoms with Gasteiger partial charge in [0.25, 0.3) is 0 Å². The minimum Gasteiger partial charge on any atom is -0.330 e. The van der Waals surface area contributed by atoms with E-state index in [0.717, 1.165) is 0 Å². The van der Waals surface area contributed by atoms with Gasteiger partial charge >= 0.3 is 0 Å². The predicted molar refractivity (Wildman–Crippen MR) is 53.4 cm³/mol. The van der Waals surface area contributed by atoms with Gasteiger partial charge < -0.3 is 5.73 Å². The van der Waals surface area contributed by atoms with Crippen LogP contribution in [-0.2, 0) is 0 Å². The van der Waals surface area contributed by atoms with Crippen molar-refractivity contribution >= 4 is 0 Å². The van der Waals surface area contributed by atoms with Crippen LogP contribution in [0.1, 0.15) is 27.7 Å². The zero-order valence-corrected chi connectivity index (χ0v) is 9.05. The van der Waals surface area contributed by atoms with Gasteiger partial charge in [-0.15, -0.1) is 0 Å². The maximum atomic E-state index is 13.5. The first kappa shape index (κ1) is 10.9. The highest BCUT2D eigenvalue weighted by Gasteiger charge is 2.42. The highest BCUT2D eigenvalue weighted by atomic mass is 19.1. The van der Waals surface area contributed by atoms with E-state index in [0.29, 0.717) is 13.1 Å². The van der Waals surface area contributed by atoms with Crippen LogP contribution < -0.4 is 5.73 Å². The van der Waals surface area contributed by atoms with Crippen molar-refractivity contribution in [2.45, 2.75) is 45.4 Å². The van der Waals surface area contributed by atoms with Crippen molar-refractivity contribution in [2.24, 2.45) is 11.7 Å². The zero-order chi connectivity index (χ0) is 10.2. The van der Waals surface area contributed by atoms with Gasteiger partial charge in [-0.25, -0.2) is 4.39 Å². The molecule has 2 N–H and O–H groups in total. The molecule has 0 saturated carbocycles. The van der Waals surface area contributed by atoms with Crippen molar-refractivity contribution < 1.29 is 4.39 Å². The Balaban J connectivity index is 2.73. The lowest BCUT2D eigenvalue weighted by atomic mass is 9.99. The lowest BCUT2D eigenvalue weighted by molar-refractivity contribution is 0.117. The van der Waals surface area contributed by atoms with E-state index in [2.05, 4.69) is 32.6 Å². The molecule has 0 aromatic heterocycles. The van der Waals surface area contributed by atoms with Gasteiger partial charge in [-0.3, -0.25) is 4.90 Å². The lowest BCUT2D eigenvalue weighted by Crippen LogP contribution is -2.45. The van der Waals surface area contributed by atoms with Crippen molar-refractivity contribution in [2.75, 3.05) is 13.1 Å². The molecule has 78 valence electrons. The molecule has 3 atom stereocenters. The normalized spacial score (nSPS) is 36.9. The van der Waals surface area contributed by atoms with Crippen molar-refractivity contribution in [3.8, 4) is 0 Å². The van der Waals surface area contributed by atoms with Crippen LogP contribution in [0.5, 0.6) is 0 Å². The van der Waals surface area contributed by atoms with Crippen LogP contribution in [-0.4, -0.2) is 35.7 Å². The molecule has 1 heterocycles. The van der Waals surface area contributed by atoms with E-state index in [9.17, 15) is 4.39 Å². The van der Waals surface area contributed by atoms with Crippen molar-refractivity contribution in [3.63, 3.8) is 0 Å². The summed E-state index contributed by atoms with van der Waals surface area (Å²) in [6.07, 6.45) is -0.751. The number of rotatable bonds is 1. The Kier molecular flexibility index (Phi) is 2.98. The lowest BCUT2D eigenvalue weighted by Gasteiger charge is -2.36. The molecule has 0 aromatic carbocycles. The first-order chi connectivity index (χ1) is 5.88. The molecule has 0 amide bonds. The number of nitrogens with two attached hydrogens (primary N) is 1. The number of likely N-dealkylation sites (tertiary alicyclic amines) is 1. The summed E-state index contributed by atoms with van der Waals surface area (Å²) < 4.78 is 13.5. The Bertz CT molecular complexity index is 176. The van der Waals surface area contributed by atoms with E-state index in [4.69, 9.17) is 5.73 Å². The van der Waals surface area contributed by atoms with E-state index in [1.807, 2.05) is 0 Å². The van der Waals surface area contributed by atoms with Gasteiger partial charge in [-0.1, -0.05) is 0 Å². The van der Waals surface area contributed by atoms with E-state index in [1.165, 1.54) is 0 Å². The summed E-state index contributed by atoms with van der Waals surface area (Å²) in [7, 11) is 0. The minimum absolute atomic E-state index is 0.0132. The predicted octanol–water partition coefficient (Wildman–Crippen LogP) is 1.40. The number of alkyl halides is 1. The average Bonchev–Trinajstić information content (AvgIpc) is 2.25. The third kappa shape index (κ3) is 2.02. The summed E-state index contributed by atoms with van der Waals surface area (Å²) in [6.45, 7) is 9.42. The molecule has 0 aromatic rings. The molecule has 1 aliphatic heterocycles. The Morgan fingerprint density at radius 2 is 2.00 bits per heavy atom. The van der Waals surface area contributed by atoms with Crippen LogP contribution in [0, 0.1) is 5.92 Å². The van der Waals surface area contributed by atoms with E-state index < -0.39 is 6.17 Å². The molecular formula is C10H21FN2. The zero-order valence-electron chi connectivity index (χ0n) is 9.05. The summed E-state index contributed by atoms with van der Waals surface area (Å²) in [5.74, 6) is 0.0132. The topological polar surface area (TPSA) is 29.3 Å². The molecule has 0 bridgehead atoms. The van der Waals surface area contributed by atoms with Crippen LogP contribution in [0.15, 0.2) is 0 Å². The number of hydrogen-bond donors (Lipinski definition) is 1. The molecule has 3 heteroatoms. The van der Waals surface area contributed by atoms with Gasteiger partial charge in [0.15, 0.2) is 0 Å². The maximum absolute atomic E-state index is 13.5. The quantitative estimate of drug-likeness (QED) is 0.674. The van der Waals surface area contributed by atoms with E-state index in [-0.39, 0.29) is 17.5 Å². The second-order valence-electron chi connectivity index (χ2n) is 4.98. The van der Waals surface area contributed by atoms with Gasteiger partial charge in [-0.05, 0) is 34.2 Å². The number of hydrogen-bond acceptors (Lipinski definition) is 2. The highest BCUT2D eigenvalue weighted by molar-refractivity contribution is 4.96. The fraction of sp³-hybridized carbons (Fsp3) is 1.00. The van der Waals surface area contributed by atoms with Crippen LogP contribution in [0.25, 0.3) is 0 Å². The van der Waals surface area contributed by atoms with Crippen LogP contribution in [0.3, 0.4) is 0 Å². The van der Waals surface area contributed by atoms with Gasteiger partial charge in [0.1, 0.15) is 6.17 Å². The molecular weight excluding hydrogens is 167 g/mol. The second-order valence-corrected chi connectivity index (χ2v) is 4.98. The van der Waals surface area contributed by atoms with Gasteiger partial charge in [0, 0.05) is 24.0 Å². The summed E-state index contributed by atoms with van der Waals surface area (Å²) >= 11 is 0. The molecule has 1 fully saturated rings. The number of nitrogens with zero attached hydrogens (tertiary/aromatic N) is 1. The smallest absolute Gasteiger partial charge is 0.118 e. The molecule has 1 unspecified atom stereocenters. The fourth-order valence-corrected chi connectivity index (χ4v) is 2.25. The summed E-state index contributed by atoms with van der Waals surface area (Å²) in [5, 5.41) is 0. The first-order valence-electron chi connectivity index (χ1n) is 4.99. The Labute approximate surface area is 80.3 Å². The fourth-order valence-electron chi connectivity index (χ4n) is 2.25. The molecule has 1 saturated heterocycles. The maximum Gasteiger partial charge on any atom is 0.118 e. The first-order valence-corrected chi connectivity index (χ1v) is 4.99. The Morgan fingerprint density at radius 3 is 2.23 bits per heavy atom. The van der Waals surface area contributed by atoms with Gasteiger partial charge in [0.05, 0.1) is 0 Å². The van der Waals surface area contributed by atoms with E-state index >= 15 is 0 Å². The molecule has 0 spiro atoms. The summed E-state index contributed by atoms with van der Waals surface area (Å²) in [5.41, 5.74) is 5.60. The SMILES string of the molecule is C[C@@H]1C(CN)[C@@H](F)CN1C(C)(C)C. The molecule has 1 rings (SSSR count). The molecule has 0 radical (unpaired) electrons. The van der Waals surface area contributed by atoms with Crippen molar-refractivity contribution in [3.05, 3.63) is 0 Å². The molecule has 1 aliphatic rings. The number of halogens is 1. The monoisotopic (exact) mass is 188 g/mol. The highest BCUT2D eigenvalue weighted by Crippen LogP contribution is 2.31. The molecule has 13 heavy (non-hydrogen) atoms. The summed E-state index contributed by atoms with van der Waals surface area (Å²) in [4.78, 5) is 2.20. The van der Waals surface area contributed by atoms with Crippen LogP contribution in [0.2, 0.25) is 0 Å². The Morgan fingerprint density at radius 1 is 1.46 bits per heavy atom. The van der Waals surface area contributed by atoms with Crippen LogP contribution in [0.4, 0.5) is 4.39 Å². The second kappa shape index (κ2) is 3.54. The third-order valence-electron chi connectivity index (χ3n) is 3.08. The average molecular weight is 188 g/mol. The minimum atomic E-state index is -0.751. The largest absolute Gasteiger partial charge is 0.330 e.